The van der Waals surface area contributed by atoms with Gasteiger partial charge >= 0.3 is 0 Å². The molecule has 22 heavy (non-hydrogen) atoms. The van der Waals surface area contributed by atoms with Crippen LogP contribution < -0.4 is 5.32 Å². The first-order chi connectivity index (χ1) is 10.7. The quantitative estimate of drug-likeness (QED) is 0.847. The molecule has 4 heteroatoms. The minimum atomic E-state index is 0.355. The number of likely N-dealkylation sites (tertiary alicyclic amines) is 2. The summed E-state index contributed by atoms with van der Waals surface area (Å²) in [6.07, 6.45) is 9.69. The standard InChI is InChI=1S/C18H31N3O/c1-18(8-9-19-13-18)20-10-6-15(7-11-20)21-16-5-3-2-4-14(16)12-17(21)22/h14-16,19H,2-13H2,1H3/t14-,16+,18?/m1/s1. The van der Waals surface area contributed by atoms with Gasteiger partial charge in [0, 0.05) is 43.7 Å². The molecule has 0 bridgehead atoms. The molecule has 1 N–H and O–H groups in total. The van der Waals surface area contributed by atoms with Crippen molar-refractivity contribution in [2.45, 2.75) is 75.9 Å². The molecule has 0 radical (unpaired) electrons. The minimum absolute atomic E-state index is 0.355. The van der Waals surface area contributed by atoms with E-state index in [9.17, 15) is 4.79 Å². The number of nitrogens with zero attached hydrogens (tertiary/aromatic N) is 2. The summed E-state index contributed by atoms with van der Waals surface area (Å²) in [5.74, 6) is 1.14. The SMILES string of the molecule is CC1(N2CCC(N3C(=O)C[C@H]4CCCC[C@@H]43)CC2)CCNC1. The third kappa shape index (κ3) is 2.48. The van der Waals surface area contributed by atoms with Crippen molar-refractivity contribution in [2.24, 2.45) is 5.92 Å². The minimum Gasteiger partial charge on any atom is -0.336 e. The number of nitrogens with one attached hydrogen (secondary N) is 1. The first-order valence-electron chi connectivity index (χ1n) is 9.44. The lowest BCUT2D eigenvalue weighted by Gasteiger charge is -2.46. The Labute approximate surface area is 134 Å². The summed E-state index contributed by atoms with van der Waals surface area (Å²) >= 11 is 0. The van der Waals surface area contributed by atoms with Gasteiger partial charge in [-0.15, -0.1) is 0 Å². The number of hydrogen-bond acceptors (Lipinski definition) is 3. The Morgan fingerprint density at radius 2 is 1.91 bits per heavy atom. The maximum Gasteiger partial charge on any atom is 0.223 e. The second kappa shape index (κ2) is 5.79. The molecule has 1 saturated carbocycles. The molecule has 1 aliphatic carbocycles. The van der Waals surface area contributed by atoms with E-state index in [0.717, 1.165) is 19.5 Å². The summed E-state index contributed by atoms with van der Waals surface area (Å²) in [4.78, 5) is 17.6. The molecule has 124 valence electrons. The molecule has 4 rings (SSSR count). The molecule has 0 aromatic rings. The van der Waals surface area contributed by atoms with E-state index in [1.165, 1.54) is 58.0 Å². The zero-order valence-corrected chi connectivity index (χ0v) is 14.0. The van der Waals surface area contributed by atoms with E-state index in [1.54, 1.807) is 0 Å². The van der Waals surface area contributed by atoms with Crippen LogP contribution in [0.3, 0.4) is 0 Å². The predicted octanol–water partition coefficient (Wildman–Crippen LogP) is 1.99. The van der Waals surface area contributed by atoms with Gasteiger partial charge in [-0.2, -0.15) is 0 Å². The van der Waals surface area contributed by atoms with E-state index < -0.39 is 0 Å². The Morgan fingerprint density at radius 3 is 2.64 bits per heavy atom. The fourth-order valence-electron chi connectivity index (χ4n) is 5.54. The third-order valence-electron chi connectivity index (χ3n) is 6.92. The van der Waals surface area contributed by atoms with Gasteiger partial charge in [-0.1, -0.05) is 12.8 Å². The van der Waals surface area contributed by atoms with Crippen LogP contribution in [0, 0.1) is 5.92 Å². The summed E-state index contributed by atoms with van der Waals surface area (Å²) in [7, 11) is 0. The van der Waals surface area contributed by atoms with Crippen LogP contribution in [-0.2, 0) is 4.79 Å². The Balaban J connectivity index is 1.40. The molecule has 0 aromatic carbocycles. The molecule has 3 saturated heterocycles. The second-order valence-electron chi connectivity index (χ2n) is 8.26. The van der Waals surface area contributed by atoms with E-state index in [0.29, 0.717) is 29.4 Å². The maximum absolute atomic E-state index is 12.5. The largest absolute Gasteiger partial charge is 0.336 e. The first-order valence-corrected chi connectivity index (χ1v) is 9.44. The van der Waals surface area contributed by atoms with Gasteiger partial charge in [0.25, 0.3) is 0 Å². The molecule has 3 atom stereocenters. The topological polar surface area (TPSA) is 35.6 Å². The van der Waals surface area contributed by atoms with Crippen molar-refractivity contribution in [3.8, 4) is 0 Å². The highest BCUT2D eigenvalue weighted by atomic mass is 16.2. The Kier molecular flexibility index (Phi) is 3.93. The van der Waals surface area contributed by atoms with Gasteiger partial charge in [-0.05, 0) is 51.5 Å². The molecule has 1 unspecified atom stereocenters. The van der Waals surface area contributed by atoms with Crippen molar-refractivity contribution in [1.29, 1.82) is 0 Å². The first kappa shape index (κ1) is 14.9. The number of fused-ring (bicyclic) bond motifs is 1. The number of carbonyl (C=O) groups is 1. The average Bonchev–Trinajstić information content (AvgIpc) is 3.11. The van der Waals surface area contributed by atoms with Crippen molar-refractivity contribution in [3.63, 3.8) is 0 Å². The van der Waals surface area contributed by atoms with Crippen LogP contribution in [0.4, 0.5) is 0 Å². The van der Waals surface area contributed by atoms with Gasteiger partial charge in [-0.3, -0.25) is 9.69 Å². The Hall–Kier alpha value is -0.610. The smallest absolute Gasteiger partial charge is 0.223 e. The number of carbonyl (C=O) groups excluding carboxylic acids is 1. The van der Waals surface area contributed by atoms with Gasteiger partial charge in [0.15, 0.2) is 0 Å². The van der Waals surface area contributed by atoms with E-state index in [1.807, 2.05) is 0 Å². The molecule has 0 aromatic heterocycles. The van der Waals surface area contributed by atoms with Gasteiger partial charge < -0.3 is 10.2 Å². The Morgan fingerprint density at radius 1 is 1.14 bits per heavy atom. The highest BCUT2D eigenvalue weighted by Gasteiger charge is 2.45. The molecule has 4 aliphatic rings. The molecule has 4 nitrogen and oxygen atoms in total. The second-order valence-corrected chi connectivity index (χ2v) is 8.26. The maximum atomic E-state index is 12.5. The van der Waals surface area contributed by atoms with Gasteiger partial charge in [-0.25, -0.2) is 0 Å². The van der Waals surface area contributed by atoms with Crippen LogP contribution in [0.25, 0.3) is 0 Å². The number of rotatable bonds is 2. The average molecular weight is 305 g/mol. The van der Waals surface area contributed by atoms with Gasteiger partial charge in [0.2, 0.25) is 5.91 Å². The molecule has 4 fully saturated rings. The summed E-state index contributed by atoms with van der Waals surface area (Å²) in [5.41, 5.74) is 0.355. The van der Waals surface area contributed by atoms with E-state index >= 15 is 0 Å². The van der Waals surface area contributed by atoms with Crippen molar-refractivity contribution < 1.29 is 4.79 Å². The third-order valence-corrected chi connectivity index (χ3v) is 6.92. The molecular weight excluding hydrogens is 274 g/mol. The van der Waals surface area contributed by atoms with Crippen LogP contribution in [0.5, 0.6) is 0 Å². The lowest BCUT2D eigenvalue weighted by Crippen LogP contribution is -2.55. The highest BCUT2D eigenvalue weighted by Crippen LogP contribution is 2.40. The fraction of sp³-hybridized carbons (Fsp3) is 0.944. The van der Waals surface area contributed by atoms with Crippen LogP contribution in [0.1, 0.15) is 58.3 Å². The molecule has 0 spiro atoms. The van der Waals surface area contributed by atoms with Gasteiger partial charge in [0.05, 0.1) is 0 Å². The molecule has 1 amide bonds. The summed E-state index contributed by atoms with van der Waals surface area (Å²) in [5, 5.41) is 3.51. The van der Waals surface area contributed by atoms with E-state index in [-0.39, 0.29) is 0 Å². The molecule has 3 aliphatic heterocycles. The van der Waals surface area contributed by atoms with Crippen LogP contribution in [-0.4, -0.2) is 59.5 Å². The van der Waals surface area contributed by atoms with E-state index in [4.69, 9.17) is 0 Å². The zero-order valence-electron chi connectivity index (χ0n) is 14.0. The predicted molar refractivity (Wildman–Crippen MR) is 87.7 cm³/mol. The lowest BCUT2D eigenvalue weighted by atomic mass is 9.84. The number of amides is 1. The lowest BCUT2D eigenvalue weighted by molar-refractivity contribution is -0.132. The van der Waals surface area contributed by atoms with Crippen molar-refractivity contribution in [2.75, 3.05) is 26.2 Å². The van der Waals surface area contributed by atoms with Crippen LogP contribution in [0.15, 0.2) is 0 Å². The van der Waals surface area contributed by atoms with Crippen molar-refractivity contribution in [1.82, 2.24) is 15.1 Å². The number of piperidine rings is 1. The fourth-order valence-corrected chi connectivity index (χ4v) is 5.54. The molecular formula is C18H31N3O. The summed E-state index contributed by atoms with van der Waals surface area (Å²) in [6.45, 7) is 7.04. The Bertz CT molecular complexity index is 424. The summed E-state index contributed by atoms with van der Waals surface area (Å²) < 4.78 is 0. The van der Waals surface area contributed by atoms with E-state index in [2.05, 4.69) is 22.0 Å². The normalized spacial score (nSPS) is 41.1. The monoisotopic (exact) mass is 305 g/mol. The summed E-state index contributed by atoms with van der Waals surface area (Å²) in [6, 6.07) is 1.11. The van der Waals surface area contributed by atoms with Gasteiger partial charge in [0.1, 0.15) is 0 Å². The number of hydrogen-bond donors (Lipinski definition) is 1. The zero-order chi connectivity index (χ0) is 15.2. The van der Waals surface area contributed by atoms with Crippen molar-refractivity contribution >= 4 is 5.91 Å². The van der Waals surface area contributed by atoms with Crippen molar-refractivity contribution in [3.05, 3.63) is 0 Å². The van der Waals surface area contributed by atoms with Crippen LogP contribution >= 0.6 is 0 Å². The van der Waals surface area contributed by atoms with Crippen LogP contribution in [0.2, 0.25) is 0 Å². The highest BCUT2D eigenvalue weighted by molar-refractivity contribution is 5.79. The molecule has 3 heterocycles.